The normalized spacial score (nSPS) is 10.3. The zero-order chi connectivity index (χ0) is 24.6. The summed E-state index contributed by atoms with van der Waals surface area (Å²) in [6.45, 7) is 0.353. The highest BCUT2D eigenvalue weighted by Crippen LogP contribution is 2.21. The molecule has 4 aromatic rings. The van der Waals surface area contributed by atoms with Crippen LogP contribution in [0, 0.1) is 0 Å². The van der Waals surface area contributed by atoms with E-state index in [1.165, 1.54) is 11.3 Å². The Hall–Kier alpha value is -4.43. The van der Waals surface area contributed by atoms with E-state index in [2.05, 4.69) is 16.0 Å². The quantitative estimate of drug-likeness (QED) is 0.320. The van der Waals surface area contributed by atoms with E-state index in [1.807, 2.05) is 11.4 Å². The van der Waals surface area contributed by atoms with Gasteiger partial charge in [-0.15, -0.1) is 11.3 Å². The lowest BCUT2D eigenvalue weighted by atomic mass is 10.1. The second kappa shape index (κ2) is 11.1. The molecule has 3 N–H and O–H groups in total. The molecule has 1 heterocycles. The number of carbonyl (C=O) groups is 3. The molecule has 0 spiro atoms. The van der Waals surface area contributed by atoms with Gasteiger partial charge < -0.3 is 20.7 Å². The van der Waals surface area contributed by atoms with Crippen LogP contribution in [0.25, 0.3) is 0 Å². The number of nitrogens with one attached hydrogen (secondary N) is 3. The van der Waals surface area contributed by atoms with Crippen LogP contribution in [0.15, 0.2) is 90.3 Å². The van der Waals surface area contributed by atoms with Crippen molar-refractivity contribution in [3.8, 4) is 5.75 Å². The number of carbonyl (C=O) groups excluding carboxylic acids is 3. The molecule has 0 aliphatic carbocycles. The fraction of sp³-hybridized carbons (Fsp3) is 0.0741. The number of ether oxygens (including phenoxy) is 1. The molecule has 0 fully saturated rings. The summed E-state index contributed by atoms with van der Waals surface area (Å²) < 4.78 is 5.19. The minimum atomic E-state index is -0.356. The van der Waals surface area contributed by atoms with Gasteiger partial charge in [0.25, 0.3) is 17.7 Å². The van der Waals surface area contributed by atoms with Gasteiger partial charge in [-0.2, -0.15) is 0 Å². The summed E-state index contributed by atoms with van der Waals surface area (Å²) in [5.41, 5.74) is 2.60. The van der Waals surface area contributed by atoms with E-state index in [0.717, 1.165) is 5.56 Å². The van der Waals surface area contributed by atoms with E-state index in [-0.39, 0.29) is 17.7 Å². The molecule has 176 valence electrons. The number of methoxy groups -OCH3 is 1. The highest BCUT2D eigenvalue weighted by molar-refractivity contribution is 7.12. The topological polar surface area (TPSA) is 96.5 Å². The lowest BCUT2D eigenvalue weighted by molar-refractivity contribution is 0.0953. The van der Waals surface area contributed by atoms with Gasteiger partial charge in [0.05, 0.1) is 23.2 Å². The van der Waals surface area contributed by atoms with Gasteiger partial charge in [0.1, 0.15) is 5.75 Å². The second-order valence-corrected chi connectivity index (χ2v) is 8.49. The smallest absolute Gasteiger partial charge is 0.261 e. The summed E-state index contributed by atoms with van der Waals surface area (Å²) in [7, 11) is 1.56. The number of thiophene rings is 1. The molecule has 3 aromatic carbocycles. The first-order valence-electron chi connectivity index (χ1n) is 10.8. The third kappa shape index (κ3) is 6.13. The van der Waals surface area contributed by atoms with Crippen molar-refractivity contribution in [1.82, 2.24) is 5.32 Å². The lowest BCUT2D eigenvalue weighted by Crippen LogP contribution is -2.22. The first-order chi connectivity index (χ1) is 17.0. The first kappa shape index (κ1) is 23.7. The van der Waals surface area contributed by atoms with Crippen LogP contribution in [-0.4, -0.2) is 24.8 Å². The number of hydrogen-bond acceptors (Lipinski definition) is 5. The van der Waals surface area contributed by atoms with Crippen molar-refractivity contribution in [2.45, 2.75) is 6.54 Å². The van der Waals surface area contributed by atoms with Crippen LogP contribution < -0.4 is 20.7 Å². The Bertz CT molecular complexity index is 1330. The predicted molar refractivity (Wildman–Crippen MR) is 137 cm³/mol. The highest BCUT2D eigenvalue weighted by Gasteiger charge is 2.15. The summed E-state index contributed by atoms with van der Waals surface area (Å²) in [6.07, 6.45) is 0. The van der Waals surface area contributed by atoms with Gasteiger partial charge in [0, 0.05) is 23.9 Å². The van der Waals surface area contributed by atoms with Gasteiger partial charge >= 0.3 is 0 Å². The monoisotopic (exact) mass is 485 g/mol. The van der Waals surface area contributed by atoms with E-state index >= 15 is 0 Å². The Morgan fingerprint density at radius 1 is 0.800 bits per heavy atom. The molecule has 0 atom stereocenters. The van der Waals surface area contributed by atoms with Crippen LogP contribution in [0.5, 0.6) is 5.75 Å². The van der Waals surface area contributed by atoms with E-state index in [9.17, 15) is 14.4 Å². The maximum atomic E-state index is 12.9. The van der Waals surface area contributed by atoms with Gasteiger partial charge in [0.2, 0.25) is 0 Å². The van der Waals surface area contributed by atoms with Crippen molar-refractivity contribution in [2.24, 2.45) is 0 Å². The minimum Gasteiger partial charge on any atom is -0.497 e. The fourth-order valence-corrected chi connectivity index (χ4v) is 3.98. The van der Waals surface area contributed by atoms with Crippen LogP contribution in [-0.2, 0) is 6.54 Å². The van der Waals surface area contributed by atoms with Crippen molar-refractivity contribution >= 4 is 40.4 Å². The maximum Gasteiger partial charge on any atom is 0.261 e. The largest absolute Gasteiger partial charge is 0.497 e. The summed E-state index contributed by atoms with van der Waals surface area (Å²) >= 11 is 1.38. The zero-order valence-corrected chi connectivity index (χ0v) is 19.7. The van der Waals surface area contributed by atoms with Crippen molar-refractivity contribution in [1.29, 1.82) is 0 Å². The Kier molecular flexibility index (Phi) is 7.54. The number of anilines is 2. The molecular weight excluding hydrogens is 462 g/mol. The number of benzene rings is 3. The van der Waals surface area contributed by atoms with Gasteiger partial charge in [-0.05, 0) is 53.4 Å². The van der Waals surface area contributed by atoms with Gasteiger partial charge in [-0.25, -0.2) is 0 Å². The first-order valence-corrected chi connectivity index (χ1v) is 11.7. The van der Waals surface area contributed by atoms with Gasteiger partial charge in [-0.1, -0.05) is 36.4 Å². The van der Waals surface area contributed by atoms with Crippen LogP contribution in [0.2, 0.25) is 0 Å². The van der Waals surface area contributed by atoms with Crippen molar-refractivity contribution in [3.63, 3.8) is 0 Å². The summed E-state index contributed by atoms with van der Waals surface area (Å²) in [6, 6.07) is 24.3. The molecule has 3 amide bonds. The van der Waals surface area contributed by atoms with Crippen molar-refractivity contribution < 1.29 is 19.1 Å². The molecule has 35 heavy (non-hydrogen) atoms. The molecule has 4 rings (SSSR count). The van der Waals surface area contributed by atoms with Crippen molar-refractivity contribution in [2.75, 3.05) is 17.7 Å². The molecule has 0 saturated carbocycles. The standard InChI is InChI=1S/C27H23N3O4S/c1-34-21-7-4-6-20(16-21)29-26(32)22-8-2-3-9-23(22)30-25(31)19-13-11-18(12-14-19)17-28-27(33)24-10-5-15-35-24/h2-16H,17H2,1H3,(H,28,33)(H,29,32)(H,30,31). The second-order valence-electron chi connectivity index (χ2n) is 7.54. The summed E-state index contributed by atoms with van der Waals surface area (Å²) in [4.78, 5) is 38.4. The molecule has 7 nitrogen and oxygen atoms in total. The Balaban J connectivity index is 1.39. The minimum absolute atomic E-state index is 0.134. The molecule has 0 radical (unpaired) electrons. The van der Waals surface area contributed by atoms with E-state index < -0.39 is 0 Å². The molecule has 1 aromatic heterocycles. The predicted octanol–water partition coefficient (Wildman–Crippen LogP) is 5.19. The van der Waals surface area contributed by atoms with Crippen LogP contribution in [0.1, 0.15) is 36.0 Å². The molecule has 0 saturated heterocycles. The molecular formula is C27H23N3O4S. The summed E-state index contributed by atoms with van der Waals surface area (Å²) in [5, 5.41) is 10.3. The van der Waals surface area contributed by atoms with Gasteiger partial charge in [-0.3, -0.25) is 14.4 Å². The third-order valence-electron chi connectivity index (χ3n) is 5.16. The van der Waals surface area contributed by atoms with Gasteiger partial charge in [0.15, 0.2) is 0 Å². The van der Waals surface area contributed by atoms with E-state index in [1.54, 1.807) is 86.0 Å². The molecule has 0 aliphatic heterocycles. The Morgan fingerprint density at radius 3 is 2.34 bits per heavy atom. The number of amides is 3. The molecule has 8 heteroatoms. The average Bonchev–Trinajstić information content (AvgIpc) is 3.43. The van der Waals surface area contributed by atoms with Crippen LogP contribution >= 0.6 is 11.3 Å². The molecule has 0 aliphatic rings. The van der Waals surface area contributed by atoms with Crippen LogP contribution in [0.3, 0.4) is 0 Å². The van der Waals surface area contributed by atoms with Crippen LogP contribution in [0.4, 0.5) is 11.4 Å². The zero-order valence-electron chi connectivity index (χ0n) is 18.9. The SMILES string of the molecule is COc1cccc(NC(=O)c2ccccc2NC(=O)c2ccc(CNC(=O)c3cccs3)cc2)c1. The average molecular weight is 486 g/mol. The molecule has 0 bridgehead atoms. The maximum absolute atomic E-state index is 12.9. The highest BCUT2D eigenvalue weighted by atomic mass is 32.1. The third-order valence-corrected chi connectivity index (χ3v) is 6.03. The molecule has 0 unspecified atom stereocenters. The Labute approximate surface area is 206 Å². The van der Waals surface area contributed by atoms with E-state index in [4.69, 9.17) is 4.74 Å². The summed E-state index contributed by atoms with van der Waals surface area (Å²) in [5.74, 6) is -0.212. The fourth-order valence-electron chi connectivity index (χ4n) is 3.34. The number of para-hydroxylation sites is 1. The lowest BCUT2D eigenvalue weighted by Gasteiger charge is -2.12. The number of hydrogen-bond donors (Lipinski definition) is 3. The van der Waals surface area contributed by atoms with E-state index in [0.29, 0.717) is 39.7 Å². The number of rotatable bonds is 8. The van der Waals surface area contributed by atoms with Crippen molar-refractivity contribution in [3.05, 3.63) is 112 Å². The Morgan fingerprint density at radius 2 is 1.60 bits per heavy atom.